The summed E-state index contributed by atoms with van der Waals surface area (Å²) in [5, 5.41) is 21.0. The lowest BCUT2D eigenvalue weighted by atomic mass is 10.1. The van der Waals surface area contributed by atoms with E-state index in [1.807, 2.05) is 12.1 Å². The van der Waals surface area contributed by atoms with Gasteiger partial charge in [0.15, 0.2) is 11.9 Å². The van der Waals surface area contributed by atoms with Crippen molar-refractivity contribution in [3.05, 3.63) is 100 Å². The molecule has 1 aromatic heterocycles. The number of hydrogen-bond acceptors (Lipinski definition) is 10. The molecule has 0 unspecified atom stereocenters. The number of benzene rings is 2. The standard InChI is InChI=1S/C24H26N3O9P/c25-22(30)19-23(31)27(12-11-26-19)24-21(29)20(28)18(36-24)15-35-37(32,33-13-16-7-3-1-4-8-16)34-14-17-9-5-2-6-10-17/h1-12,18,20-21,24,28-29H,13-15H2,(H2,25,30)/t18-,20-,21-,24+/m0/s1. The molecule has 1 fully saturated rings. The van der Waals surface area contributed by atoms with Crippen LogP contribution in [0.15, 0.2) is 77.9 Å². The van der Waals surface area contributed by atoms with Crippen LogP contribution >= 0.6 is 7.82 Å². The quantitative estimate of drug-likeness (QED) is 0.308. The van der Waals surface area contributed by atoms with Crippen molar-refractivity contribution in [2.75, 3.05) is 6.61 Å². The van der Waals surface area contributed by atoms with Crippen LogP contribution in [0.5, 0.6) is 0 Å². The van der Waals surface area contributed by atoms with Gasteiger partial charge in [-0.25, -0.2) is 9.55 Å². The van der Waals surface area contributed by atoms with Gasteiger partial charge in [-0.15, -0.1) is 0 Å². The van der Waals surface area contributed by atoms with Crippen molar-refractivity contribution in [1.29, 1.82) is 0 Å². The molecular weight excluding hydrogens is 505 g/mol. The van der Waals surface area contributed by atoms with E-state index in [9.17, 15) is 24.4 Å². The number of carbonyl (C=O) groups excluding carboxylic acids is 1. The monoisotopic (exact) mass is 531 g/mol. The van der Waals surface area contributed by atoms with Gasteiger partial charge in [0.2, 0.25) is 0 Å². The maximum atomic E-state index is 13.4. The third kappa shape index (κ3) is 6.56. The fraction of sp³-hybridized carbons (Fsp3) is 0.292. The zero-order valence-corrected chi connectivity index (χ0v) is 20.4. The first-order valence-corrected chi connectivity index (χ1v) is 12.7. The van der Waals surface area contributed by atoms with Crippen LogP contribution in [0, 0.1) is 0 Å². The summed E-state index contributed by atoms with van der Waals surface area (Å²) >= 11 is 0. The zero-order valence-electron chi connectivity index (χ0n) is 19.5. The van der Waals surface area contributed by atoms with E-state index in [0.29, 0.717) is 0 Å². The molecule has 37 heavy (non-hydrogen) atoms. The maximum absolute atomic E-state index is 13.4. The van der Waals surface area contributed by atoms with Crippen LogP contribution in [0.4, 0.5) is 0 Å². The first kappa shape index (κ1) is 26.8. The van der Waals surface area contributed by atoms with Gasteiger partial charge in [-0.05, 0) is 11.1 Å². The number of aliphatic hydroxyl groups is 2. The molecule has 2 aromatic carbocycles. The molecule has 12 nitrogen and oxygen atoms in total. The van der Waals surface area contributed by atoms with E-state index in [-0.39, 0.29) is 13.2 Å². The largest absolute Gasteiger partial charge is 0.475 e. The van der Waals surface area contributed by atoms with Crippen molar-refractivity contribution in [3.8, 4) is 0 Å². The van der Waals surface area contributed by atoms with Crippen molar-refractivity contribution in [3.63, 3.8) is 0 Å². The van der Waals surface area contributed by atoms with Gasteiger partial charge >= 0.3 is 7.82 Å². The van der Waals surface area contributed by atoms with Crippen molar-refractivity contribution in [2.24, 2.45) is 5.73 Å². The molecule has 4 atom stereocenters. The second-order valence-corrected chi connectivity index (χ2v) is 9.83. The molecule has 0 radical (unpaired) electrons. The number of aliphatic hydroxyl groups excluding tert-OH is 2. The molecule has 196 valence electrons. The van der Waals surface area contributed by atoms with Gasteiger partial charge in [-0.3, -0.25) is 27.7 Å². The number of nitrogens with two attached hydrogens (primary N) is 1. The zero-order chi connectivity index (χ0) is 26.4. The first-order valence-electron chi connectivity index (χ1n) is 11.3. The number of rotatable bonds is 11. The summed E-state index contributed by atoms with van der Waals surface area (Å²) in [4.78, 5) is 27.6. The molecule has 0 saturated carbocycles. The van der Waals surface area contributed by atoms with Crippen molar-refractivity contribution in [1.82, 2.24) is 9.55 Å². The second kappa shape index (κ2) is 11.9. The highest BCUT2D eigenvalue weighted by molar-refractivity contribution is 7.48. The Balaban J connectivity index is 1.47. The van der Waals surface area contributed by atoms with Gasteiger partial charge in [0, 0.05) is 12.4 Å². The summed E-state index contributed by atoms with van der Waals surface area (Å²) in [6.07, 6.45) is -3.40. The summed E-state index contributed by atoms with van der Waals surface area (Å²) in [6.45, 7) is -0.652. The minimum absolute atomic E-state index is 0.0749. The number of phosphoric acid groups is 1. The maximum Gasteiger partial charge on any atom is 0.475 e. The predicted molar refractivity (Wildman–Crippen MR) is 129 cm³/mol. The normalized spacial score (nSPS) is 21.7. The van der Waals surface area contributed by atoms with Crippen LogP contribution in [0.2, 0.25) is 0 Å². The van der Waals surface area contributed by atoms with Crippen molar-refractivity contribution in [2.45, 2.75) is 37.8 Å². The van der Waals surface area contributed by atoms with Gasteiger partial charge in [-0.1, -0.05) is 60.7 Å². The fourth-order valence-corrected chi connectivity index (χ4v) is 4.79. The Morgan fingerprint density at radius 2 is 1.54 bits per heavy atom. The van der Waals surface area contributed by atoms with E-state index in [2.05, 4.69) is 4.98 Å². The van der Waals surface area contributed by atoms with Crippen LogP contribution in [0.3, 0.4) is 0 Å². The Morgan fingerprint density at radius 3 is 2.08 bits per heavy atom. The van der Waals surface area contributed by atoms with E-state index >= 15 is 0 Å². The van der Waals surface area contributed by atoms with Gasteiger partial charge in [0.25, 0.3) is 11.5 Å². The minimum Gasteiger partial charge on any atom is -0.387 e. The van der Waals surface area contributed by atoms with Gasteiger partial charge in [-0.2, -0.15) is 0 Å². The Hall–Kier alpha value is -3.22. The number of aromatic nitrogens is 2. The molecule has 13 heteroatoms. The van der Waals surface area contributed by atoms with E-state index in [1.54, 1.807) is 48.5 Å². The highest BCUT2D eigenvalue weighted by atomic mass is 31.2. The Bertz CT molecular complexity index is 1260. The number of nitrogens with zero attached hydrogens (tertiary/aromatic N) is 2. The third-order valence-corrected chi connectivity index (χ3v) is 6.93. The molecule has 2 heterocycles. The van der Waals surface area contributed by atoms with Gasteiger partial charge in [0.05, 0.1) is 19.8 Å². The van der Waals surface area contributed by atoms with E-state index in [4.69, 9.17) is 24.0 Å². The molecule has 4 rings (SSSR count). The lowest BCUT2D eigenvalue weighted by molar-refractivity contribution is -0.0564. The van der Waals surface area contributed by atoms with Crippen molar-refractivity contribution >= 4 is 13.7 Å². The first-order chi connectivity index (χ1) is 17.8. The fourth-order valence-electron chi connectivity index (χ4n) is 3.62. The average molecular weight is 531 g/mol. The summed E-state index contributed by atoms with van der Waals surface area (Å²) in [6, 6.07) is 17.9. The minimum atomic E-state index is -4.18. The van der Waals surface area contributed by atoms with E-state index in [0.717, 1.165) is 21.9 Å². The molecule has 1 aliphatic heterocycles. The highest BCUT2D eigenvalue weighted by Crippen LogP contribution is 2.51. The Morgan fingerprint density at radius 1 is 0.973 bits per heavy atom. The van der Waals surface area contributed by atoms with E-state index in [1.165, 1.54) is 6.20 Å². The van der Waals surface area contributed by atoms with Crippen molar-refractivity contribution < 1.29 is 37.9 Å². The highest BCUT2D eigenvalue weighted by Gasteiger charge is 2.45. The third-order valence-electron chi connectivity index (χ3n) is 5.57. The SMILES string of the molecule is NC(=O)c1nccn([C@@H]2O[C@@H](COP(=O)(OCc3ccccc3)OCc3ccccc3)[C@H](O)[C@@H]2O)c1=O. The van der Waals surface area contributed by atoms with E-state index < -0.39 is 56.1 Å². The molecule has 0 bridgehead atoms. The van der Waals surface area contributed by atoms with Crippen LogP contribution in [0.25, 0.3) is 0 Å². The molecule has 4 N–H and O–H groups in total. The topological polar surface area (TPSA) is 172 Å². The number of carbonyl (C=O) groups is 1. The van der Waals surface area contributed by atoms with Gasteiger partial charge < -0.3 is 20.7 Å². The summed E-state index contributed by atoms with van der Waals surface area (Å²) in [7, 11) is -4.18. The summed E-state index contributed by atoms with van der Waals surface area (Å²) in [5.41, 5.74) is 5.15. The molecule has 3 aromatic rings. The number of amides is 1. The molecule has 1 aliphatic rings. The molecule has 0 spiro atoms. The smallest absolute Gasteiger partial charge is 0.387 e. The van der Waals surface area contributed by atoms with Crippen LogP contribution in [-0.4, -0.2) is 50.6 Å². The molecular formula is C24H26N3O9P. The Labute approximate surface area is 211 Å². The molecule has 1 saturated heterocycles. The average Bonchev–Trinajstić information content (AvgIpc) is 3.19. The summed E-state index contributed by atoms with van der Waals surface area (Å²) < 4.78 is 36.5. The lowest BCUT2D eigenvalue weighted by Crippen LogP contribution is -2.38. The second-order valence-electron chi connectivity index (χ2n) is 8.16. The number of phosphoric ester groups is 1. The lowest BCUT2D eigenvalue weighted by Gasteiger charge is -2.21. The number of hydrogen-bond donors (Lipinski definition) is 3. The van der Waals surface area contributed by atoms with Gasteiger partial charge in [0.1, 0.15) is 18.3 Å². The Kier molecular flexibility index (Phi) is 8.62. The van der Waals surface area contributed by atoms with Crippen LogP contribution in [-0.2, 0) is 36.1 Å². The number of ether oxygens (including phenoxy) is 1. The predicted octanol–water partition coefficient (Wildman–Crippen LogP) is 1.52. The van der Waals surface area contributed by atoms with Crippen LogP contribution < -0.4 is 11.3 Å². The summed E-state index contributed by atoms with van der Waals surface area (Å²) in [5.74, 6) is -1.06. The molecule has 0 aliphatic carbocycles. The molecule has 1 amide bonds. The number of primary amides is 1. The van der Waals surface area contributed by atoms with Crippen LogP contribution in [0.1, 0.15) is 27.8 Å².